The standard InChI is InChI=1S/C21H16BrNO3/c22-16-11-12-19(18(13-16)21(25)15-7-3-1-4-8-15)23-20(24)14-26-17-9-5-2-6-10-17/h1-13H,14H2,(H,23,24). The van der Waals surface area contributed by atoms with Crippen LogP contribution in [-0.2, 0) is 4.79 Å². The van der Waals surface area contributed by atoms with E-state index in [1.54, 1.807) is 54.6 Å². The maximum absolute atomic E-state index is 12.8. The van der Waals surface area contributed by atoms with Crippen LogP contribution in [0.25, 0.3) is 0 Å². The molecule has 0 saturated heterocycles. The second-order valence-corrected chi connectivity index (χ2v) is 6.45. The number of nitrogens with one attached hydrogen (secondary N) is 1. The largest absolute Gasteiger partial charge is 0.484 e. The molecule has 0 fully saturated rings. The van der Waals surface area contributed by atoms with Crippen molar-refractivity contribution in [3.8, 4) is 5.75 Å². The van der Waals surface area contributed by atoms with E-state index in [1.807, 2.05) is 24.3 Å². The number of rotatable bonds is 6. The molecule has 0 unspecified atom stereocenters. The lowest BCUT2D eigenvalue weighted by molar-refractivity contribution is -0.118. The lowest BCUT2D eigenvalue weighted by Crippen LogP contribution is -2.21. The summed E-state index contributed by atoms with van der Waals surface area (Å²) in [6, 6.07) is 23.2. The first-order valence-electron chi connectivity index (χ1n) is 8.00. The van der Waals surface area contributed by atoms with Gasteiger partial charge in [-0.25, -0.2) is 0 Å². The van der Waals surface area contributed by atoms with Crippen LogP contribution in [0.2, 0.25) is 0 Å². The van der Waals surface area contributed by atoms with Crippen molar-refractivity contribution in [2.45, 2.75) is 0 Å². The van der Waals surface area contributed by atoms with Crippen molar-refractivity contribution in [1.82, 2.24) is 0 Å². The molecule has 5 heteroatoms. The number of halogens is 1. The Morgan fingerprint density at radius 3 is 2.23 bits per heavy atom. The van der Waals surface area contributed by atoms with Crippen LogP contribution in [0.1, 0.15) is 15.9 Å². The number of amides is 1. The zero-order valence-corrected chi connectivity index (χ0v) is 15.4. The Bertz CT molecular complexity index is 911. The highest BCUT2D eigenvalue weighted by atomic mass is 79.9. The average molecular weight is 410 g/mol. The van der Waals surface area contributed by atoms with Crippen LogP contribution in [0.5, 0.6) is 5.75 Å². The molecule has 3 rings (SSSR count). The molecule has 0 spiro atoms. The van der Waals surface area contributed by atoms with Crippen LogP contribution in [0.3, 0.4) is 0 Å². The molecular formula is C21H16BrNO3. The van der Waals surface area contributed by atoms with Gasteiger partial charge in [-0.05, 0) is 30.3 Å². The van der Waals surface area contributed by atoms with E-state index in [9.17, 15) is 9.59 Å². The lowest BCUT2D eigenvalue weighted by Gasteiger charge is -2.12. The molecule has 130 valence electrons. The predicted molar refractivity (Wildman–Crippen MR) is 105 cm³/mol. The summed E-state index contributed by atoms with van der Waals surface area (Å²) >= 11 is 3.38. The van der Waals surface area contributed by atoms with E-state index in [1.165, 1.54) is 0 Å². The molecular weight excluding hydrogens is 394 g/mol. The van der Waals surface area contributed by atoms with E-state index in [0.717, 1.165) is 4.47 Å². The Morgan fingerprint density at radius 2 is 1.54 bits per heavy atom. The zero-order valence-electron chi connectivity index (χ0n) is 13.8. The minimum Gasteiger partial charge on any atom is -0.484 e. The third-order valence-corrected chi connectivity index (χ3v) is 4.14. The van der Waals surface area contributed by atoms with Crippen molar-refractivity contribution >= 4 is 33.3 Å². The van der Waals surface area contributed by atoms with Crippen LogP contribution >= 0.6 is 15.9 Å². The molecule has 0 heterocycles. The van der Waals surface area contributed by atoms with E-state index < -0.39 is 0 Å². The minimum absolute atomic E-state index is 0.140. The number of ether oxygens (including phenoxy) is 1. The predicted octanol–water partition coefficient (Wildman–Crippen LogP) is 4.70. The van der Waals surface area contributed by atoms with Gasteiger partial charge in [-0.2, -0.15) is 0 Å². The Hall–Kier alpha value is -2.92. The van der Waals surface area contributed by atoms with Crippen LogP contribution in [-0.4, -0.2) is 18.3 Å². The van der Waals surface area contributed by atoms with Gasteiger partial charge in [0.2, 0.25) is 0 Å². The van der Waals surface area contributed by atoms with E-state index in [4.69, 9.17) is 4.74 Å². The summed E-state index contributed by atoms with van der Waals surface area (Å²) in [6.07, 6.45) is 0. The lowest BCUT2D eigenvalue weighted by atomic mass is 10.0. The number of para-hydroxylation sites is 1. The smallest absolute Gasteiger partial charge is 0.262 e. The van der Waals surface area contributed by atoms with Gasteiger partial charge in [-0.3, -0.25) is 9.59 Å². The van der Waals surface area contributed by atoms with Crippen molar-refractivity contribution in [2.75, 3.05) is 11.9 Å². The van der Waals surface area contributed by atoms with Gasteiger partial charge < -0.3 is 10.1 Å². The van der Waals surface area contributed by atoms with Gasteiger partial charge in [0.25, 0.3) is 5.91 Å². The molecule has 4 nitrogen and oxygen atoms in total. The number of carbonyl (C=O) groups excluding carboxylic acids is 2. The van der Waals surface area contributed by atoms with Crippen molar-refractivity contribution in [3.05, 3.63) is 94.5 Å². The van der Waals surface area contributed by atoms with Crippen LogP contribution in [0.15, 0.2) is 83.3 Å². The van der Waals surface area contributed by atoms with Gasteiger partial charge in [-0.15, -0.1) is 0 Å². The Labute approximate surface area is 159 Å². The van der Waals surface area contributed by atoms with Crippen molar-refractivity contribution in [3.63, 3.8) is 0 Å². The number of hydrogen-bond donors (Lipinski definition) is 1. The van der Waals surface area contributed by atoms with E-state index in [-0.39, 0.29) is 18.3 Å². The van der Waals surface area contributed by atoms with Crippen LogP contribution in [0.4, 0.5) is 5.69 Å². The molecule has 0 radical (unpaired) electrons. The van der Waals surface area contributed by atoms with Crippen molar-refractivity contribution in [2.24, 2.45) is 0 Å². The summed E-state index contributed by atoms with van der Waals surface area (Å²) in [5, 5.41) is 2.75. The maximum Gasteiger partial charge on any atom is 0.262 e. The number of hydrogen-bond acceptors (Lipinski definition) is 3. The monoisotopic (exact) mass is 409 g/mol. The molecule has 26 heavy (non-hydrogen) atoms. The molecule has 0 aliphatic heterocycles. The molecule has 0 aromatic heterocycles. The van der Waals surface area contributed by atoms with Crippen LogP contribution < -0.4 is 10.1 Å². The van der Waals surface area contributed by atoms with Crippen molar-refractivity contribution < 1.29 is 14.3 Å². The minimum atomic E-state index is -0.335. The third kappa shape index (κ3) is 4.58. The van der Waals surface area contributed by atoms with Crippen molar-refractivity contribution in [1.29, 1.82) is 0 Å². The first kappa shape index (κ1) is 17.9. The number of anilines is 1. The molecule has 3 aromatic rings. The summed E-state index contributed by atoms with van der Waals surface area (Å²) in [4.78, 5) is 25.0. The van der Waals surface area contributed by atoms with Gasteiger partial charge in [-0.1, -0.05) is 64.5 Å². The highest BCUT2D eigenvalue weighted by molar-refractivity contribution is 9.10. The summed E-state index contributed by atoms with van der Waals surface area (Å²) in [5.74, 6) is 0.114. The van der Waals surface area contributed by atoms with Crippen LogP contribution in [0, 0.1) is 0 Å². The first-order chi connectivity index (χ1) is 12.6. The Morgan fingerprint density at radius 1 is 0.885 bits per heavy atom. The van der Waals surface area contributed by atoms with Gasteiger partial charge >= 0.3 is 0 Å². The quantitative estimate of drug-likeness (QED) is 0.600. The van der Waals surface area contributed by atoms with Gasteiger partial charge in [0.1, 0.15) is 5.75 Å². The molecule has 0 aliphatic carbocycles. The molecule has 3 aromatic carbocycles. The van der Waals surface area contributed by atoms with E-state index >= 15 is 0 Å². The molecule has 1 amide bonds. The fourth-order valence-corrected chi connectivity index (χ4v) is 2.77. The fourth-order valence-electron chi connectivity index (χ4n) is 2.41. The summed E-state index contributed by atoms with van der Waals surface area (Å²) < 4.78 is 6.20. The third-order valence-electron chi connectivity index (χ3n) is 3.65. The highest BCUT2D eigenvalue weighted by Crippen LogP contribution is 2.24. The summed E-state index contributed by atoms with van der Waals surface area (Å²) in [5.41, 5.74) is 1.42. The summed E-state index contributed by atoms with van der Waals surface area (Å²) in [7, 11) is 0. The molecule has 1 N–H and O–H groups in total. The summed E-state index contributed by atoms with van der Waals surface area (Å²) in [6.45, 7) is -0.140. The Balaban J connectivity index is 1.75. The molecule has 0 bridgehead atoms. The second kappa shape index (κ2) is 8.45. The zero-order chi connectivity index (χ0) is 18.4. The maximum atomic E-state index is 12.8. The molecule has 0 atom stereocenters. The van der Waals surface area contributed by atoms with E-state index in [2.05, 4.69) is 21.2 Å². The normalized spacial score (nSPS) is 10.2. The second-order valence-electron chi connectivity index (χ2n) is 5.53. The Kier molecular flexibility index (Phi) is 5.81. The fraction of sp³-hybridized carbons (Fsp3) is 0.0476. The number of carbonyl (C=O) groups is 2. The number of benzene rings is 3. The highest BCUT2D eigenvalue weighted by Gasteiger charge is 2.16. The first-order valence-corrected chi connectivity index (χ1v) is 8.80. The van der Waals surface area contributed by atoms with Gasteiger partial charge in [0.15, 0.2) is 12.4 Å². The SMILES string of the molecule is O=C(COc1ccccc1)Nc1ccc(Br)cc1C(=O)c1ccccc1. The molecule has 0 aliphatic rings. The topological polar surface area (TPSA) is 55.4 Å². The van der Waals surface area contributed by atoms with E-state index in [0.29, 0.717) is 22.6 Å². The average Bonchev–Trinajstić information content (AvgIpc) is 2.69. The van der Waals surface area contributed by atoms with Gasteiger partial charge in [0, 0.05) is 15.6 Å². The number of ketones is 1. The van der Waals surface area contributed by atoms with Gasteiger partial charge in [0.05, 0.1) is 5.69 Å². The molecule has 0 saturated carbocycles.